The smallest absolute Gasteiger partial charge is 0.261 e. The van der Waals surface area contributed by atoms with E-state index in [-0.39, 0.29) is 11.8 Å². The van der Waals surface area contributed by atoms with Crippen LogP contribution >= 0.6 is 11.3 Å². The third-order valence-corrected chi connectivity index (χ3v) is 5.95. The maximum Gasteiger partial charge on any atom is 0.261 e. The molecule has 2 atom stereocenters. The standard InChI is InChI=1S/C19H31N3O3S/c1-4-15(5-2)16(22-8-10-25-11-9-22)13-20-18(23)14(3)21-19(24)17-7-6-12-26-17/h6-7,12,14-16H,4-5,8-11,13H2,1-3H3,(H,20,23)(H,21,24). The van der Waals surface area contributed by atoms with Gasteiger partial charge in [0.05, 0.1) is 18.1 Å². The Morgan fingerprint density at radius 1 is 1.27 bits per heavy atom. The van der Waals surface area contributed by atoms with Crippen LogP contribution in [0.2, 0.25) is 0 Å². The van der Waals surface area contributed by atoms with Gasteiger partial charge in [-0.3, -0.25) is 14.5 Å². The largest absolute Gasteiger partial charge is 0.379 e. The van der Waals surface area contributed by atoms with Crippen LogP contribution in [0, 0.1) is 5.92 Å². The molecule has 1 aromatic rings. The lowest BCUT2D eigenvalue weighted by atomic mass is 9.92. The van der Waals surface area contributed by atoms with Crippen molar-refractivity contribution < 1.29 is 14.3 Å². The van der Waals surface area contributed by atoms with Gasteiger partial charge in [-0.1, -0.05) is 32.8 Å². The lowest BCUT2D eigenvalue weighted by molar-refractivity contribution is -0.123. The number of rotatable bonds is 9. The Bertz CT molecular complexity index is 554. The van der Waals surface area contributed by atoms with Gasteiger partial charge in [-0.05, 0) is 24.3 Å². The molecule has 1 aromatic heterocycles. The summed E-state index contributed by atoms with van der Waals surface area (Å²) in [7, 11) is 0. The van der Waals surface area contributed by atoms with Crippen molar-refractivity contribution >= 4 is 23.2 Å². The Morgan fingerprint density at radius 2 is 1.96 bits per heavy atom. The Labute approximate surface area is 160 Å². The van der Waals surface area contributed by atoms with Crippen LogP contribution in [-0.2, 0) is 9.53 Å². The highest BCUT2D eigenvalue weighted by atomic mass is 32.1. The summed E-state index contributed by atoms with van der Waals surface area (Å²) in [6.07, 6.45) is 2.16. The van der Waals surface area contributed by atoms with Gasteiger partial charge in [-0.2, -0.15) is 0 Å². The van der Waals surface area contributed by atoms with E-state index in [4.69, 9.17) is 4.74 Å². The molecule has 2 heterocycles. The van der Waals surface area contributed by atoms with E-state index in [0.717, 1.165) is 39.1 Å². The zero-order chi connectivity index (χ0) is 18.9. The van der Waals surface area contributed by atoms with E-state index in [9.17, 15) is 9.59 Å². The Morgan fingerprint density at radius 3 is 2.54 bits per heavy atom. The zero-order valence-electron chi connectivity index (χ0n) is 16.0. The second-order valence-corrected chi connectivity index (χ2v) is 7.66. The van der Waals surface area contributed by atoms with E-state index in [1.165, 1.54) is 11.3 Å². The summed E-state index contributed by atoms with van der Waals surface area (Å²) in [5, 5.41) is 7.66. The topological polar surface area (TPSA) is 70.7 Å². The van der Waals surface area contributed by atoms with Gasteiger partial charge in [0.25, 0.3) is 5.91 Å². The number of thiophene rings is 1. The molecular formula is C19H31N3O3S. The van der Waals surface area contributed by atoms with Crippen molar-refractivity contribution in [2.24, 2.45) is 5.92 Å². The van der Waals surface area contributed by atoms with Crippen LogP contribution in [0.3, 0.4) is 0 Å². The lowest BCUT2D eigenvalue weighted by Gasteiger charge is -2.39. The fraction of sp³-hybridized carbons (Fsp3) is 0.684. The van der Waals surface area contributed by atoms with Crippen molar-refractivity contribution in [2.75, 3.05) is 32.8 Å². The van der Waals surface area contributed by atoms with Crippen molar-refractivity contribution in [3.05, 3.63) is 22.4 Å². The highest BCUT2D eigenvalue weighted by molar-refractivity contribution is 7.12. The third kappa shape index (κ3) is 5.79. The average Bonchev–Trinajstić information content (AvgIpc) is 3.20. The summed E-state index contributed by atoms with van der Waals surface area (Å²) >= 11 is 1.37. The summed E-state index contributed by atoms with van der Waals surface area (Å²) in [5.74, 6) is 0.191. The third-order valence-electron chi connectivity index (χ3n) is 5.08. The van der Waals surface area contributed by atoms with Gasteiger partial charge >= 0.3 is 0 Å². The van der Waals surface area contributed by atoms with Crippen LogP contribution in [0.1, 0.15) is 43.3 Å². The fourth-order valence-electron chi connectivity index (χ4n) is 3.44. The molecule has 26 heavy (non-hydrogen) atoms. The van der Waals surface area contributed by atoms with Gasteiger partial charge in [0, 0.05) is 25.7 Å². The number of hydrogen-bond donors (Lipinski definition) is 2. The van der Waals surface area contributed by atoms with Crippen molar-refractivity contribution in [1.29, 1.82) is 0 Å². The number of hydrogen-bond acceptors (Lipinski definition) is 5. The van der Waals surface area contributed by atoms with Crippen LogP contribution in [-0.4, -0.2) is 61.6 Å². The van der Waals surface area contributed by atoms with Crippen LogP contribution in [0.4, 0.5) is 0 Å². The van der Waals surface area contributed by atoms with Crippen LogP contribution in [0.15, 0.2) is 17.5 Å². The average molecular weight is 382 g/mol. The number of carbonyl (C=O) groups excluding carboxylic acids is 2. The van der Waals surface area contributed by atoms with Crippen LogP contribution in [0.5, 0.6) is 0 Å². The van der Waals surface area contributed by atoms with E-state index < -0.39 is 6.04 Å². The Kier molecular flexibility index (Phi) is 8.54. The SMILES string of the molecule is CCC(CC)C(CNC(=O)C(C)NC(=O)c1cccs1)N1CCOCC1. The van der Waals surface area contributed by atoms with Gasteiger partial charge in [0.1, 0.15) is 6.04 Å². The predicted octanol–water partition coefficient (Wildman–Crippen LogP) is 2.12. The monoisotopic (exact) mass is 381 g/mol. The minimum absolute atomic E-state index is 0.140. The number of amides is 2. The molecule has 0 radical (unpaired) electrons. The van der Waals surface area contributed by atoms with Crippen molar-refractivity contribution in [2.45, 2.75) is 45.7 Å². The summed E-state index contributed by atoms with van der Waals surface area (Å²) in [6.45, 7) is 10.0. The second-order valence-electron chi connectivity index (χ2n) is 6.71. The summed E-state index contributed by atoms with van der Waals surface area (Å²) < 4.78 is 5.46. The second kappa shape index (κ2) is 10.6. The fourth-order valence-corrected chi connectivity index (χ4v) is 4.06. The van der Waals surface area contributed by atoms with Crippen molar-refractivity contribution in [3.8, 4) is 0 Å². The Balaban J connectivity index is 1.89. The van der Waals surface area contributed by atoms with E-state index in [1.807, 2.05) is 11.4 Å². The quantitative estimate of drug-likeness (QED) is 0.687. The number of nitrogens with zero attached hydrogens (tertiary/aromatic N) is 1. The molecule has 7 heteroatoms. The van der Waals surface area contributed by atoms with E-state index >= 15 is 0 Å². The normalized spacial score (nSPS) is 17.7. The molecule has 146 valence electrons. The maximum atomic E-state index is 12.5. The summed E-state index contributed by atoms with van der Waals surface area (Å²) in [4.78, 5) is 27.6. The molecule has 2 rings (SSSR count). The van der Waals surface area contributed by atoms with Crippen LogP contribution < -0.4 is 10.6 Å². The predicted molar refractivity (Wildman–Crippen MR) is 105 cm³/mol. The van der Waals surface area contributed by atoms with Gasteiger partial charge in [-0.25, -0.2) is 0 Å². The molecule has 6 nitrogen and oxygen atoms in total. The van der Waals surface area contributed by atoms with Gasteiger partial charge in [0.2, 0.25) is 5.91 Å². The Hall–Kier alpha value is -1.44. The number of morpholine rings is 1. The van der Waals surface area contributed by atoms with E-state index in [0.29, 0.717) is 23.4 Å². The summed E-state index contributed by atoms with van der Waals surface area (Å²) in [5.41, 5.74) is 0. The first-order chi connectivity index (χ1) is 12.6. The molecule has 0 bridgehead atoms. The molecule has 2 N–H and O–H groups in total. The molecule has 1 saturated heterocycles. The van der Waals surface area contributed by atoms with Gasteiger partial charge in [0.15, 0.2) is 0 Å². The summed E-state index contributed by atoms with van der Waals surface area (Å²) in [6, 6.07) is 3.33. The first-order valence-corrected chi connectivity index (χ1v) is 10.4. The molecule has 1 fully saturated rings. The number of ether oxygens (including phenoxy) is 1. The molecule has 0 aromatic carbocycles. The first-order valence-electron chi connectivity index (χ1n) is 9.50. The van der Waals surface area contributed by atoms with Crippen molar-refractivity contribution in [3.63, 3.8) is 0 Å². The van der Waals surface area contributed by atoms with Crippen LogP contribution in [0.25, 0.3) is 0 Å². The molecular weight excluding hydrogens is 350 g/mol. The first kappa shape index (κ1) is 20.9. The maximum absolute atomic E-state index is 12.5. The lowest BCUT2D eigenvalue weighted by Crippen LogP contribution is -2.54. The molecule has 0 saturated carbocycles. The van der Waals surface area contributed by atoms with Crippen molar-refractivity contribution in [1.82, 2.24) is 15.5 Å². The van der Waals surface area contributed by atoms with Gasteiger partial charge < -0.3 is 15.4 Å². The molecule has 1 aliphatic rings. The minimum Gasteiger partial charge on any atom is -0.379 e. The number of carbonyl (C=O) groups is 2. The van der Waals surface area contributed by atoms with E-state index in [2.05, 4.69) is 29.4 Å². The molecule has 1 aliphatic heterocycles. The molecule has 2 amide bonds. The minimum atomic E-state index is -0.559. The molecule has 0 aliphatic carbocycles. The zero-order valence-corrected chi connectivity index (χ0v) is 16.8. The highest BCUT2D eigenvalue weighted by Crippen LogP contribution is 2.19. The molecule has 0 spiro atoms. The van der Waals surface area contributed by atoms with Gasteiger partial charge in [-0.15, -0.1) is 11.3 Å². The highest BCUT2D eigenvalue weighted by Gasteiger charge is 2.28. The van der Waals surface area contributed by atoms with E-state index in [1.54, 1.807) is 13.0 Å². The number of nitrogens with one attached hydrogen (secondary N) is 2. The molecule has 2 unspecified atom stereocenters.